The van der Waals surface area contributed by atoms with Crippen LogP contribution in [0, 0.1) is 0 Å². The molecule has 1 atom stereocenters. The first-order chi connectivity index (χ1) is 8.72. The minimum Gasteiger partial charge on any atom is -0.492 e. The number of carbonyl (C=O) groups excluding carboxylic acids is 1. The molecule has 18 heavy (non-hydrogen) atoms. The number of carbonyl (C=O) groups is 1. The van der Waals surface area contributed by atoms with Crippen LogP contribution in [0.2, 0.25) is 0 Å². The molecule has 0 amide bonds. The van der Waals surface area contributed by atoms with Crippen LogP contribution in [0.1, 0.15) is 36.5 Å². The van der Waals surface area contributed by atoms with Crippen LogP contribution in [0.25, 0.3) is 0 Å². The van der Waals surface area contributed by atoms with Gasteiger partial charge in [-0.15, -0.1) is 0 Å². The van der Waals surface area contributed by atoms with Crippen molar-refractivity contribution >= 4 is 21.7 Å². The monoisotopic (exact) mass is 312 g/mol. The Labute approximate surface area is 116 Å². The van der Waals surface area contributed by atoms with Crippen molar-refractivity contribution in [2.24, 2.45) is 0 Å². The van der Waals surface area contributed by atoms with Crippen molar-refractivity contribution in [3.8, 4) is 5.75 Å². The highest BCUT2D eigenvalue weighted by Gasteiger charge is 2.25. The van der Waals surface area contributed by atoms with E-state index in [4.69, 9.17) is 9.47 Å². The van der Waals surface area contributed by atoms with E-state index in [2.05, 4.69) is 22.9 Å². The molecule has 1 aromatic rings. The Kier molecular flexibility index (Phi) is 4.78. The van der Waals surface area contributed by atoms with Gasteiger partial charge in [0, 0.05) is 12.2 Å². The molecule has 3 nitrogen and oxygen atoms in total. The average molecular weight is 313 g/mol. The van der Waals surface area contributed by atoms with E-state index in [1.54, 1.807) is 6.07 Å². The summed E-state index contributed by atoms with van der Waals surface area (Å²) in [5.41, 5.74) is 0.678. The second-order valence-electron chi connectivity index (χ2n) is 4.36. The Bertz CT molecular complexity index is 425. The molecule has 0 spiro atoms. The molecule has 1 aliphatic rings. The molecule has 1 heterocycles. The van der Waals surface area contributed by atoms with E-state index < -0.39 is 0 Å². The van der Waals surface area contributed by atoms with Crippen molar-refractivity contribution in [3.05, 3.63) is 28.2 Å². The molecule has 1 aromatic carbocycles. The van der Waals surface area contributed by atoms with E-state index in [1.165, 1.54) is 0 Å². The minimum absolute atomic E-state index is 0.0650. The number of ketones is 1. The average Bonchev–Trinajstić information content (AvgIpc) is 2.90. The number of Topliss-reactive ketones (excluding diaryl/α,β-unsaturated/α-hetero) is 1. The van der Waals surface area contributed by atoms with Crippen molar-refractivity contribution in [3.63, 3.8) is 0 Å². The molecule has 0 N–H and O–H groups in total. The van der Waals surface area contributed by atoms with E-state index in [0.717, 1.165) is 29.5 Å². The third-order valence-electron chi connectivity index (χ3n) is 2.90. The highest BCUT2D eigenvalue weighted by molar-refractivity contribution is 9.10. The smallest absolute Gasteiger partial charge is 0.191 e. The lowest BCUT2D eigenvalue weighted by atomic mass is 10.0. The third kappa shape index (κ3) is 3.12. The summed E-state index contributed by atoms with van der Waals surface area (Å²) in [5.74, 6) is 0.844. The van der Waals surface area contributed by atoms with E-state index in [1.807, 2.05) is 12.1 Å². The van der Waals surface area contributed by atoms with Gasteiger partial charge in [0.15, 0.2) is 5.78 Å². The lowest BCUT2D eigenvalue weighted by Crippen LogP contribution is -2.19. The van der Waals surface area contributed by atoms with Crippen LogP contribution in [-0.2, 0) is 4.74 Å². The van der Waals surface area contributed by atoms with Crippen molar-refractivity contribution in [2.45, 2.75) is 32.3 Å². The zero-order chi connectivity index (χ0) is 13.0. The first-order valence-electron chi connectivity index (χ1n) is 6.30. The Balaban J connectivity index is 2.10. The molecule has 98 valence electrons. The van der Waals surface area contributed by atoms with E-state index in [0.29, 0.717) is 18.8 Å². The van der Waals surface area contributed by atoms with Crippen molar-refractivity contribution < 1.29 is 14.3 Å². The predicted octanol–water partition coefficient (Wildman–Crippen LogP) is 3.60. The molecule has 1 fully saturated rings. The fraction of sp³-hybridized carbons (Fsp3) is 0.500. The largest absolute Gasteiger partial charge is 0.492 e. The molecular weight excluding hydrogens is 296 g/mol. The van der Waals surface area contributed by atoms with E-state index in [-0.39, 0.29) is 11.9 Å². The number of hydrogen-bond donors (Lipinski definition) is 0. The van der Waals surface area contributed by atoms with Gasteiger partial charge in [0.1, 0.15) is 11.9 Å². The molecule has 0 aliphatic carbocycles. The van der Waals surface area contributed by atoms with Gasteiger partial charge in [0.25, 0.3) is 0 Å². The zero-order valence-corrected chi connectivity index (χ0v) is 12.0. The first-order valence-corrected chi connectivity index (χ1v) is 7.10. The van der Waals surface area contributed by atoms with Gasteiger partial charge >= 0.3 is 0 Å². The molecular formula is C14H17BrO3. The van der Waals surface area contributed by atoms with Gasteiger partial charge in [-0.1, -0.05) is 6.92 Å². The highest BCUT2D eigenvalue weighted by atomic mass is 79.9. The van der Waals surface area contributed by atoms with Gasteiger partial charge in [0.2, 0.25) is 0 Å². The quantitative estimate of drug-likeness (QED) is 0.779. The van der Waals surface area contributed by atoms with Gasteiger partial charge in [-0.2, -0.15) is 0 Å². The molecule has 1 unspecified atom stereocenters. The molecule has 0 radical (unpaired) electrons. The Morgan fingerprint density at radius 2 is 2.39 bits per heavy atom. The molecule has 1 saturated heterocycles. The first kappa shape index (κ1) is 13.6. The fourth-order valence-corrected chi connectivity index (χ4v) is 2.45. The summed E-state index contributed by atoms with van der Waals surface area (Å²) in [4.78, 5) is 12.1. The Morgan fingerprint density at radius 3 is 3.00 bits per heavy atom. The van der Waals surface area contributed by atoms with Gasteiger partial charge < -0.3 is 9.47 Å². The summed E-state index contributed by atoms with van der Waals surface area (Å²) in [6.45, 7) is 3.43. The number of rotatable bonds is 5. The van der Waals surface area contributed by atoms with Gasteiger partial charge in [0.05, 0.1) is 11.1 Å². The Hall–Kier alpha value is -0.870. The predicted molar refractivity (Wildman–Crippen MR) is 73.2 cm³/mol. The SMILES string of the molecule is CCCOc1ccc(C(=O)C2CCCO2)cc1Br. The maximum absolute atomic E-state index is 12.1. The summed E-state index contributed by atoms with van der Waals surface area (Å²) in [5, 5.41) is 0. The topological polar surface area (TPSA) is 35.5 Å². The number of hydrogen-bond acceptors (Lipinski definition) is 3. The van der Waals surface area contributed by atoms with Gasteiger partial charge in [-0.25, -0.2) is 0 Å². The molecule has 2 rings (SSSR count). The molecule has 0 saturated carbocycles. The Morgan fingerprint density at radius 1 is 1.56 bits per heavy atom. The van der Waals surface area contributed by atoms with Crippen molar-refractivity contribution in [1.29, 1.82) is 0 Å². The number of ether oxygens (including phenoxy) is 2. The molecule has 0 bridgehead atoms. The van der Waals surface area contributed by atoms with Crippen LogP contribution in [-0.4, -0.2) is 25.1 Å². The molecule has 1 aliphatic heterocycles. The van der Waals surface area contributed by atoms with Crippen LogP contribution in [0.5, 0.6) is 5.75 Å². The zero-order valence-electron chi connectivity index (χ0n) is 10.4. The number of benzene rings is 1. The van der Waals surface area contributed by atoms with Crippen LogP contribution < -0.4 is 4.74 Å². The molecule has 0 aromatic heterocycles. The van der Waals surface area contributed by atoms with Gasteiger partial charge in [-0.05, 0) is 53.4 Å². The minimum atomic E-state index is -0.265. The molecule has 4 heteroatoms. The fourth-order valence-electron chi connectivity index (χ4n) is 1.95. The normalized spacial score (nSPS) is 18.9. The standard InChI is InChI=1S/C14H17BrO3/c1-2-7-17-12-6-5-10(9-11(12)15)14(16)13-4-3-8-18-13/h5-6,9,13H,2-4,7-8H2,1H3. The van der Waals surface area contributed by atoms with Crippen molar-refractivity contribution in [1.82, 2.24) is 0 Å². The second kappa shape index (κ2) is 6.34. The summed E-state index contributed by atoms with van der Waals surface area (Å²) < 4.78 is 11.8. The summed E-state index contributed by atoms with van der Waals surface area (Å²) in [6, 6.07) is 5.46. The maximum atomic E-state index is 12.1. The lowest BCUT2D eigenvalue weighted by Gasteiger charge is -2.11. The summed E-state index contributed by atoms with van der Waals surface area (Å²) in [7, 11) is 0. The van der Waals surface area contributed by atoms with Crippen LogP contribution in [0.15, 0.2) is 22.7 Å². The highest BCUT2D eigenvalue weighted by Crippen LogP contribution is 2.28. The van der Waals surface area contributed by atoms with E-state index in [9.17, 15) is 4.79 Å². The maximum Gasteiger partial charge on any atom is 0.191 e. The third-order valence-corrected chi connectivity index (χ3v) is 3.52. The second-order valence-corrected chi connectivity index (χ2v) is 5.21. The van der Waals surface area contributed by atoms with E-state index >= 15 is 0 Å². The van der Waals surface area contributed by atoms with Crippen molar-refractivity contribution in [2.75, 3.05) is 13.2 Å². The van der Waals surface area contributed by atoms with Gasteiger partial charge in [-0.3, -0.25) is 4.79 Å². The van der Waals surface area contributed by atoms with Crippen LogP contribution >= 0.6 is 15.9 Å². The lowest BCUT2D eigenvalue weighted by molar-refractivity contribution is 0.0643. The number of halogens is 1. The summed E-state index contributed by atoms with van der Waals surface area (Å²) >= 11 is 3.44. The van der Waals surface area contributed by atoms with Crippen LogP contribution in [0.4, 0.5) is 0 Å². The van der Waals surface area contributed by atoms with Crippen LogP contribution in [0.3, 0.4) is 0 Å². The summed E-state index contributed by atoms with van der Waals surface area (Å²) in [6.07, 6.45) is 2.49.